The van der Waals surface area contributed by atoms with E-state index in [0.29, 0.717) is 0 Å². The molecule has 0 saturated carbocycles. The Balaban J connectivity index is 5.06. The molecule has 0 radical (unpaired) electrons. The number of ketones is 1. The molecule has 1 N–H and O–H groups in total. The Bertz CT molecular complexity index is 297. The first-order valence-electron chi connectivity index (χ1n) is 7.28. The quantitative estimate of drug-likeness (QED) is 0.689. The summed E-state index contributed by atoms with van der Waals surface area (Å²) in [6.45, 7) is 11.9. The van der Waals surface area contributed by atoms with Crippen molar-refractivity contribution in [1.29, 1.82) is 0 Å². The van der Waals surface area contributed by atoms with E-state index in [9.17, 15) is 9.90 Å². The molecule has 0 aromatic rings. The van der Waals surface area contributed by atoms with E-state index in [1.54, 1.807) is 0 Å². The predicted molar refractivity (Wildman–Crippen MR) is 81.1 cm³/mol. The molecule has 0 saturated heterocycles. The average molecular weight is 269 g/mol. The number of rotatable bonds is 8. The lowest BCUT2D eigenvalue weighted by atomic mass is 9.87. The maximum Gasteiger partial charge on any atom is 0.155 e. The standard InChI is InChI=1S/C16H31NO2/c1-8-9-10-13(6)16(19)14(15(18)11(2)3)17(7)12(4)5/h8-9,11-14,16,19H,10H2,1-7H3/b9-8+/t13-,14-,16-/m1/s1. The Morgan fingerprint density at radius 1 is 1.21 bits per heavy atom. The molecule has 19 heavy (non-hydrogen) atoms. The lowest BCUT2D eigenvalue weighted by Gasteiger charge is -2.36. The van der Waals surface area contributed by atoms with Gasteiger partial charge in [-0.3, -0.25) is 9.69 Å². The molecule has 3 atom stereocenters. The summed E-state index contributed by atoms with van der Waals surface area (Å²) < 4.78 is 0. The topological polar surface area (TPSA) is 40.5 Å². The summed E-state index contributed by atoms with van der Waals surface area (Å²) in [7, 11) is 1.92. The highest BCUT2D eigenvalue weighted by molar-refractivity contribution is 5.86. The van der Waals surface area contributed by atoms with Crippen molar-refractivity contribution in [3.05, 3.63) is 12.2 Å². The van der Waals surface area contributed by atoms with Crippen LogP contribution in [0.4, 0.5) is 0 Å². The zero-order valence-corrected chi connectivity index (χ0v) is 13.6. The fourth-order valence-electron chi connectivity index (χ4n) is 2.07. The molecule has 112 valence electrons. The summed E-state index contributed by atoms with van der Waals surface area (Å²) in [5, 5.41) is 10.5. The minimum atomic E-state index is -0.626. The van der Waals surface area contributed by atoms with E-state index < -0.39 is 12.1 Å². The molecular weight excluding hydrogens is 238 g/mol. The number of carbonyl (C=O) groups excluding carboxylic acids is 1. The van der Waals surface area contributed by atoms with Gasteiger partial charge in [0.1, 0.15) is 0 Å². The number of aliphatic hydroxyl groups is 1. The van der Waals surface area contributed by atoms with Crippen LogP contribution in [0.15, 0.2) is 12.2 Å². The second-order valence-electron chi connectivity index (χ2n) is 6.03. The van der Waals surface area contributed by atoms with Crippen molar-refractivity contribution in [3.8, 4) is 0 Å². The number of Topliss-reactive ketones (excluding diaryl/α,β-unsaturated/α-hetero) is 1. The largest absolute Gasteiger partial charge is 0.391 e. The fraction of sp³-hybridized carbons (Fsp3) is 0.812. The number of likely N-dealkylation sites (N-methyl/N-ethyl adjacent to an activating group) is 1. The summed E-state index contributed by atoms with van der Waals surface area (Å²) in [5.41, 5.74) is 0. The van der Waals surface area contributed by atoms with E-state index in [1.807, 2.05) is 65.6 Å². The maximum absolute atomic E-state index is 12.4. The van der Waals surface area contributed by atoms with Crippen molar-refractivity contribution in [2.45, 2.75) is 66.2 Å². The third-order valence-electron chi connectivity index (χ3n) is 3.76. The fourth-order valence-corrected chi connectivity index (χ4v) is 2.07. The molecule has 0 aliphatic rings. The van der Waals surface area contributed by atoms with Crippen molar-refractivity contribution in [2.75, 3.05) is 7.05 Å². The highest BCUT2D eigenvalue weighted by Crippen LogP contribution is 2.20. The van der Waals surface area contributed by atoms with Crippen molar-refractivity contribution in [1.82, 2.24) is 4.90 Å². The average Bonchev–Trinajstić information content (AvgIpc) is 2.35. The van der Waals surface area contributed by atoms with Crippen LogP contribution in [0.25, 0.3) is 0 Å². The van der Waals surface area contributed by atoms with Crippen LogP contribution in [0.2, 0.25) is 0 Å². The second kappa shape index (κ2) is 8.49. The third-order valence-corrected chi connectivity index (χ3v) is 3.76. The molecule has 0 aromatic carbocycles. The van der Waals surface area contributed by atoms with Gasteiger partial charge >= 0.3 is 0 Å². The Hall–Kier alpha value is -0.670. The molecule has 0 spiro atoms. The van der Waals surface area contributed by atoms with Crippen molar-refractivity contribution >= 4 is 5.78 Å². The predicted octanol–water partition coefficient (Wildman–Crippen LogP) is 2.88. The monoisotopic (exact) mass is 269 g/mol. The smallest absolute Gasteiger partial charge is 0.155 e. The van der Waals surface area contributed by atoms with Gasteiger partial charge in [0.05, 0.1) is 12.1 Å². The number of allylic oxidation sites excluding steroid dienone is 2. The second-order valence-corrected chi connectivity index (χ2v) is 6.03. The van der Waals surface area contributed by atoms with Gasteiger partial charge in [-0.15, -0.1) is 0 Å². The highest BCUT2D eigenvalue weighted by atomic mass is 16.3. The molecule has 0 fully saturated rings. The van der Waals surface area contributed by atoms with Gasteiger partial charge in [0.2, 0.25) is 0 Å². The van der Waals surface area contributed by atoms with Crippen LogP contribution in [0.1, 0.15) is 48.0 Å². The Kier molecular flexibility index (Phi) is 8.19. The molecule has 0 aliphatic carbocycles. The highest BCUT2D eigenvalue weighted by Gasteiger charge is 2.35. The Morgan fingerprint density at radius 3 is 2.11 bits per heavy atom. The third kappa shape index (κ3) is 5.45. The SMILES string of the molecule is C/C=C/C[C@@H](C)[C@@H](O)[C@@H](C(=O)C(C)C)N(C)C(C)C. The summed E-state index contributed by atoms with van der Waals surface area (Å²) in [6, 6.07) is -0.184. The molecule has 0 rings (SSSR count). The van der Waals surface area contributed by atoms with Gasteiger partial charge in [-0.1, -0.05) is 32.9 Å². The van der Waals surface area contributed by atoms with Gasteiger partial charge in [0.25, 0.3) is 0 Å². The van der Waals surface area contributed by atoms with E-state index in [0.717, 1.165) is 6.42 Å². The number of aliphatic hydroxyl groups excluding tert-OH is 1. The van der Waals surface area contributed by atoms with Crippen LogP contribution < -0.4 is 0 Å². The van der Waals surface area contributed by atoms with Gasteiger partial charge in [-0.05, 0) is 40.2 Å². The lowest BCUT2D eigenvalue weighted by Crippen LogP contribution is -2.53. The van der Waals surface area contributed by atoms with Crippen molar-refractivity contribution in [2.24, 2.45) is 11.8 Å². The first-order chi connectivity index (χ1) is 8.73. The van der Waals surface area contributed by atoms with E-state index in [2.05, 4.69) is 0 Å². The van der Waals surface area contributed by atoms with Gasteiger partial charge < -0.3 is 5.11 Å². The lowest BCUT2D eigenvalue weighted by molar-refractivity contribution is -0.133. The van der Waals surface area contributed by atoms with Crippen LogP contribution in [-0.4, -0.2) is 41.0 Å². The summed E-state index contributed by atoms with van der Waals surface area (Å²) >= 11 is 0. The molecular formula is C16H31NO2. The normalized spacial score (nSPS) is 17.4. The van der Waals surface area contributed by atoms with Gasteiger partial charge in [0.15, 0.2) is 5.78 Å². The van der Waals surface area contributed by atoms with E-state index in [1.165, 1.54) is 0 Å². The summed E-state index contributed by atoms with van der Waals surface area (Å²) in [6.07, 6.45) is 4.19. The number of nitrogens with zero attached hydrogens (tertiary/aromatic N) is 1. The molecule has 0 amide bonds. The van der Waals surface area contributed by atoms with Crippen molar-refractivity contribution < 1.29 is 9.90 Å². The van der Waals surface area contributed by atoms with Crippen LogP contribution >= 0.6 is 0 Å². The Labute approximate surface area is 118 Å². The van der Waals surface area contributed by atoms with Gasteiger partial charge in [0, 0.05) is 12.0 Å². The van der Waals surface area contributed by atoms with Crippen LogP contribution in [0.5, 0.6) is 0 Å². The first-order valence-corrected chi connectivity index (χ1v) is 7.28. The van der Waals surface area contributed by atoms with Crippen LogP contribution in [0, 0.1) is 11.8 Å². The van der Waals surface area contributed by atoms with Gasteiger partial charge in [-0.25, -0.2) is 0 Å². The minimum absolute atomic E-state index is 0.0604. The van der Waals surface area contributed by atoms with Crippen molar-refractivity contribution in [3.63, 3.8) is 0 Å². The molecule has 0 bridgehead atoms. The number of hydrogen-bond acceptors (Lipinski definition) is 3. The minimum Gasteiger partial charge on any atom is -0.391 e. The maximum atomic E-state index is 12.4. The van der Waals surface area contributed by atoms with Crippen LogP contribution in [-0.2, 0) is 4.79 Å². The molecule has 3 heteroatoms. The zero-order valence-electron chi connectivity index (χ0n) is 13.6. The number of hydrogen-bond donors (Lipinski definition) is 1. The summed E-state index contributed by atoms with van der Waals surface area (Å²) in [4.78, 5) is 14.4. The summed E-state index contributed by atoms with van der Waals surface area (Å²) in [5.74, 6) is 0.135. The molecule has 0 aromatic heterocycles. The molecule has 0 aliphatic heterocycles. The molecule has 3 nitrogen and oxygen atoms in total. The zero-order chi connectivity index (χ0) is 15.2. The first kappa shape index (κ1) is 18.3. The van der Waals surface area contributed by atoms with Crippen LogP contribution in [0.3, 0.4) is 0 Å². The van der Waals surface area contributed by atoms with Gasteiger partial charge in [-0.2, -0.15) is 0 Å². The van der Waals surface area contributed by atoms with E-state index in [4.69, 9.17) is 0 Å². The van der Waals surface area contributed by atoms with E-state index in [-0.39, 0.29) is 23.7 Å². The number of carbonyl (C=O) groups is 1. The Morgan fingerprint density at radius 2 is 1.74 bits per heavy atom. The molecule has 0 unspecified atom stereocenters. The molecule has 0 heterocycles. The van der Waals surface area contributed by atoms with E-state index >= 15 is 0 Å².